The maximum absolute atomic E-state index is 10.6. The molecule has 19 heavy (non-hydrogen) atoms. The zero-order chi connectivity index (χ0) is 14.3. The number of rotatable bonds is 9. The number of anilines is 1. The van der Waals surface area contributed by atoms with Crippen LogP contribution in [0.25, 0.3) is 0 Å². The molecule has 0 aliphatic rings. The highest BCUT2D eigenvalue weighted by atomic mass is 32.1. The second kappa shape index (κ2) is 8.15. The molecule has 5 heteroatoms. The van der Waals surface area contributed by atoms with Crippen LogP contribution in [-0.4, -0.2) is 22.6 Å². The van der Waals surface area contributed by atoms with Gasteiger partial charge in [0.15, 0.2) is 5.13 Å². The molecule has 1 atom stereocenters. The van der Waals surface area contributed by atoms with E-state index in [1.807, 2.05) is 6.92 Å². The van der Waals surface area contributed by atoms with Gasteiger partial charge < -0.3 is 10.4 Å². The average Bonchev–Trinajstić information content (AvgIpc) is 2.65. The molecule has 1 rings (SSSR count). The predicted octanol–water partition coefficient (Wildman–Crippen LogP) is 3.84. The van der Waals surface area contributed by atoms with E-state index in [4.69, 9.17) is 5.11 Å². The molecule has 0 saturated heterocycles. The van der Waals surface area contributed by atoms with Gasteiger partial charge in [-0.15, -0.1) is 11.3 Å². The molecule has 1 aromatic rings. The quantitative estimate of drug-likeness (QED) is 0.723. The Bertz CT molecular complexity index is 385. The topological polar surface area (TPSA) is 62.2 Å². The molecule has 0 bridgehead atoms. The molecular weight excluding hydrogens is 260 g/mol. The lowest BCUT2D eigenvalue weighted by Gasteiger charge is -2.15. The minimum Gasteiger partial charge on any atom is -0.481 e. The van der Waals surface area contributed by atoms with Crippen LogP contribution in [0.1, 0.15) is 49.6 Å². The van der Waals surface area contributed by atoms with Gasteiger partial charge in [-0.3, -0.25) is 4.79 Å². The van der Waals surface area contributed by atoms with Crippen molar-refractivity contribution in [3.05, 3.63) is 10.6 Å². The highest BCUT2D eigenvalue weighted by molar-refractivity contribution is 7.15. The molecule has 1 aromatic heterocycles. The summed E-state index contributed by atoms with van der Waals surface area (Å²) in [5.41, 5.74) is 1.09. The molecule has 0 saturated carbocycles. The van der Waals surface area contributed by atoms with E-state index in [1.165, 1.54) is 4.88 Å². The molecule has 108 valence electrons. The lowest BCUT2D eigenvalue weighted by molar-refractivity contribution is -0.137. The first-order valence-corrected chi connectivity index (χ1v) is 7.74. The molecule has 0 radical (unpaired) electrons. The minimum absolute atomic E-state index is 0.278. The minimum atomic E-state index is -0.694. The summed E-state index contributed by atoms with van der Waals surface area (Å²) in [6.07, 6.45) is 4.28. The number of carboxylic acids is 1. The smallest absolute Gasteiger partial charge is 0.303 e. The first-order valence-electron chi connectivity index (χ1n) is 6.92. The van der Waals surface area contributed by atoms with E-state index in [1.54, 1.807) is 11.3 Å². The van der Waals surface area contributed by atoms with Gasteiger partial charge in [0.1, 0.15) is 0 Å². The SMILES string of the molecule is CCCC(CCNc1nc(C)c(C)s1)CCC(=O)O. The van der Waals surface area contributed by atoms with Gasteiger partial charge in [0, 0.05) is 17.8 Å². The van der Waals surface area contributed by atoms with Crippen LogP contribution in [0, 0.1) is 19.8 Å². The van der Waals surface area contributed by atoms with Crippen LogP contribution in [0.4, 0.5) is 5.13 Å². The van der Waals surface area contributed by atoms with Crippen molar-refractivity contribution in [2.75, 3.05) is 11.9 Å². The Morgan fingerprint density at radius 3 is 2.63 bits per heavy atom. The number of hydrogen-bond acceptors (Lipinski definition) is 4. The van der Waals surface area contributed by atoms with Crippen LogP contribution < -0.4 is 5.32 Å². The van der Waals surface area contributed by atoms with Crippen molar-refractivity contribution in [1.29, 1.82) is 0 Å². The van der Waals surface area contributed by atoms with E-state index in [0.717, 1.165) is 43.1 Å². The summed E-state index contributed by atoms with van der Waals surface area (Å²) in [4.78, 5) is 16.3. The van der Waals surface area contributed by atoms with E-state index in [-0.39, 0.29) is 6.42 Å². The molecule has 0 fully saturated rings. The Labute approximate surface area is 119 Å². The molecule has 2 N–H and O–H groups in total. The third-order valence-corrected chi connectivity index (χ3v) is 4.35. The van der Waals surface area contributed by atoms with Crippen molar-refractivity contribution in [2.24, 2.45) is 5.92 Å². The van der Waals surface area contributed by atoms with Gasteiger partial charge in [-0.1, -0.05) is 19.8 Å². The number of aromatic nitrogens is 1. The Morgan fingerprint density at radius 2 is 2.11 bits per heavy atom. The monoisotopic (exact) mass is 284 g/mol. The Balaban J connectivity index is 2.32. The Kier molecular flexibility index (Phi) is 6.84. The largest absolute Gasteiger partial charge is 0.481 e. The van der Waals surface area contributed by atoms with Crippen LogP contribution >= 0.6 is 11.3 Å². The second-order valence-electron chi connectivity index (χ2n) is 4.96. The molecule has 0 amide bonds. The van der Waals surface area contributed by atoms with Crippen LogP contribution in [0.2, 0.25) is 0 Å². The van der Waals surface area contributed by atoms with Gasteiger partial charge in [0.2, 0.25) is 0 Å². The number of carbonyl (C=O) groups is 1. The number of hydrogen-bond donors (Lipinski definition) is 2. The molecule has 0 aliphatic heterocycles. The number of aryl methyl sites for hydroxylation is 2. The molecule has 4 nitrogen and oxygen atoms in total. The molecule has 1 unspecified atom stereocenters. The van der Waals surface area contributed by atoms with Gasteiger partial charge in [-0.05, 0) is 32.6 Å². The normalized spacial score (nSPS) is 12.4. The van der Waals surface area contributed by atoms with E-state index in [9.17, 15) is 4.79 Å². The van der Waals surface area contributed by atoms with Crippen molar-refractivity contribution in [3.63, 3.8) is 0 Å². The third-order valence-electron chi connectivity index (χ3n) is 3.32. The highest BCUT2D eigenvalue weighted by Gasteiger charge is 2.10. The van der Waals surface area contributed by atoms with Gasteiger partial charge in [0.25, 0.3) is 0 Å². The highest BCUT2D eigenvalue weighted by Crippen LogP contribution is 2.22. The van der Waals surface area contributed by atoms with E-state index in [2.05, 4.69) is 24.1 Å². The number of carboxylic acid groups (broad SMARTS) is 1. The molecule has 0 spiro atoms. The maximum Gasteiger partial charge on any atom is 0.303 e. The number of nitrogens with zero attached hydrogens (tertiary/aromatic N) is 1. The number of thiazole rings is 1. The maximum atomic E-state index is 10.6. The summed E-state index contributed by atoms with van der Waals surface area (Å²) in [7, 11) is 0. The zero-order valence-corrected chi connectivity index (χ0v) is 12.8. The molecule has 0 aliphatic carbocycles. The van der Waals surface area contributed by atoms with Crippen molar-refractivity contribution >= 4 is 22.4 Å². The summed E-state index contributed by atoms with van der Waals surface area (Å²) in [6, 6.07) is 0. The van der Waals surface area contributed by atoms with Crippen molar-refractivity contribution in [1.82, 2.24) is 4.98 Å². The number of nitrogens with one attached hydrogen (secondary N) is 1. The summed E-state index contributed by atoms with van der Waals surface area (Å²) < 4.78 is 0. The first kappa shape index (κ1) is 16.0. The molecule has 1 heterocycles. The van der Waals surface area contributed by atoms with Crippen molar-refractivity contribution in [3.8, 4) is 0 Å². The average molecular weight is 284 g/mol. The molecule has 0 aromatic carbocycles. The zero-order valence-electron chi connectivity index (χ0n) is 12.0. The third kappa shape index (κ3) is 6.05. The van der Waals surface area contributed by atoms with E-state index >= 15 is 0 Å². The Hall–Kier alpha value is -1.10. The van der Waals surface area contributed by atoms with Crippen molar-refractivity contribution in [2.45, 2.75) is 52.9 Å². The van der Waals surface area contributed by atoms with Gasteiger partial charge >= 0.3 is 5.97 Å². The van der Waals surface area contributed by atoms with Crippen LogP contribution in [0.3, 0.4) is 0 Å². The summed E-state index contributed by atoms with van der Waals surface area (Å²) in [5.74, 6) is -0.198. The van der Waals surface area contributed by atoms with Crippen LogP contribution in [0.5, 0.6) is 0 Å². The Morgan fingerprint density at radius 1 is 1.37 bits per heavy atom. The fourth-order valence-electron chi connectivity index (χ4n) is 2.10. The van der Waals surface area contributed by atoms with E-state index in [0.29, 0.717) is 5.92 Å². The van der Waals surface area contributed by atoms with Gasteiger partial charge in [-0.25, -0.2) is 4.98 Å². The fourth-order valence-corrected chi connectivity index (χ4v) is 2.94. The van der Waals surface area contributed by atoms with E-state index < -0.39 is 5.97 Å². The fraction of sp³-hybridized carbons (Fsp3) is 0.714. The second-order valence-corrected chi connectivity index (χ2v) is 6.17. The number of aliphatic carboxylic acids is 1. The van der Waals surface area contributed by atoms with Crippen molar-refractivity contribution < 1.29 is 9.90 Å². The van der Waals surface area contributed by atoms with Crippen LogP contribution in [-0.2, 0) is 4.79 Å². The van der Waals surface area contributed by atoms with Gasteiger partial charge in [-0.2, -0.15) is 0 Å². The van der Waals surface area contributed by atoms with Crippen LogP contribution in [0.15, 0.2) is 0 Å². The lowest BCUT2D eigenvalue weighted by Crippen LogP contribution is -2.11. The molecular formula is C14H24N2O2S. The standard InChI is InChI=1S/C14H24N2O2S/c1-4-5-12(6-7-13(17)18)8-9-15-14-16-10(2)11(3)19-14/h12H,4-9H2,1-3H3,(H,15,16)(H,17,18). The lowest BCUT2D eigenvalue weighted by atomic mass is 9.94. The summed E-state index contributed by atoms with van der Waals surface area (Å²) >= 11 is 1.68. The van der Waals surface area contributed by atoms with Gasteiger partial charge in [0.05, 0.1) is 5.69 Å². The predicted molar refractivity (Wildman–Crippen MR) is 80.0 cm³/mol. The first-order chi connectivity index (χ1) is 9.02. The summed E-state index contributed by atoms with van der Waals surface area (Å²) in [6.45, 7) is 7.11. The summed E-state index contributed by atoms with van der Waals surface area (Å²) in [5, 5.41) is 13.1.